The highest BCUT2D eigenvalue weighted by atomic mass is 35.5. The van der Waals surface area contributed by atoms with Crippen molar-refractivity contribution in [3.05, 3.63) is 70.8 Å². The van der Waals surface area contributed by atoms with Crippen molar-refractivity contribution in [2.45, 2.75) is 56.7 Å². The lowest BCUT2D eigenvalue weighted by atomic mass is 9.46. The Morgan fingerprint density at radius 2 is 1.62 bits per heavy atom. The van der Waals surface area contributed by atoms with E-state index in [4.69, 9.17) is 25.8 Å². The highest BCUT2D eigenvalue weighted by Crippen LogP contribution is 2.76. The van der Waals surface area contributed by atoms with E-state index in [1.54, 1.807) is 6.92 Å². The van der Waals surface area contributed by atoms with Gasteiger partial charge in [0.05, 0.1) is 6.61 Å². The molecule has 2 heterocycles. The monoisotopic (exact) mass is 480 g/mol. The van der Waals surface area contributed by atoms with Gasteiger partial charge in [-0.25, -0.2) is 0 Å². The van der Waals surface area contributed by atoms with E-state index in [2.05, 4.69) is 18.2 Å². The Bertz CT molecular complexity index is 1180. The van der Waals surface area contributed by atoms with Gasteiger partial charge in [-0.3, -0.25) is 9.59 Å². The first kappa shape index (κ1) is 22.1. The smallest absolute Gasteiger partial charge is 0.316 e. The third-order valence-electron chi connectivity index (χ3n) is 8.95. The number of carbonyl (C=O) groups excluding carboxylic acids is 2. The summed E-state index contributed by atoms with van der Waals surface area (Å²) in [4.78, 5) is 28.1. The minimum atomic E-state index is -1.36. The highest BCUT2D eigenvalue weighted by Gasteiger charge is 2.86. The molecule has 5 nitrogen and oxygen atoms in total. The largest absolute Gasteiger partial charge is 0.465 e. The van der Waals surface area contributed by atoms with E-state index in [0.29, 0.717) is 38.7 Å². The van der Waals surface area contributed by atoms with Crippen molar-refractivity contribution < 1.29 is 23.8 Å². The third kappa shape index (κ3) is 2.31. The molecule has 178 valence electrons. The quantitative estimate of drug-likeness (QED) is 0.464. The van der Waals surface area contributed by atoms with E-state index in [-0.39, 0.29) is 24.4 Å². The molecule has 2 aliphatic carbocycles. The molecule has 2 aromatic carbocycles. The molecule has 34 heavy (non-hydrogen) atoms. The van der Waals surface area contributed by atoms with Crippen molar-refractivity contribution in [1.82, 2.24) is 0 Å². The van der Waals surface area contributed by atoms with E-state index < -0.39 is 22.0 Å². The number of aryl methyl sites for hydroxylation is 2. The molecule has 0 N–H and O–H groups in total. The second-order valence-corrected chi connectivity index (χ2v) is 10.4. The first-order chi connectivity index (χ1) is 16.5. The summed E-state index contributed by atoms with van der Waals surface area (Å²) in [5, 5.41) is 0. The van der Waals surface area contributed by atoms with Crippen LogP contribution in [-0.2, 0) is 47.8 Å². The van der Waals surface area contributed by atoms with Crippen LogP contribution in [0.5, 0.6) is 0 Å². The molecule has 0 saturated carbocycles. The van der Waals surface area contributed by atoms with Crippen molar-refractivity contribution in [2.24, 2.45) is 10.8 Å². The molecule has 1 spiro atoms. The Balaban J connectivity index is 1.77. The van der Waals surface area contributed by atoms with E-state index in [1.165, 1.54) is 0 Å². The first-order valence-corrected chi connectivity index (χ1v) is 12.8. The van der Waals surface area contributed by atoms with Gasteiger partial charge in [0.2, 0.25) is 0 Å². The van der Waals surface area contributed by atoms with Crippen LogP contribution in [0.15, 0.2) is 48.5 Å². The predicted octanol–water partition coefficient (Wildman–Crippen LogP) is 4.81. The van der Waals surface area contributed by atoms with Crippen molar-refractivity contribution in [3.63, 3.8) is 0 Å². The summed E-state index contributed by atoms with van der Waals surface area (Å²) in [5.41, 5.74) is -0.460. The molecule has 6 rings (SSSR count). The van der Waals surface area contributed by atoms with E-state index in [9.17, 15) is 9.59 Å². The van der Waals surface area contributed by atoms with Gasteiger partial charge in [0, 0.05) is 18.1 Å². The standard InChI is InChI=1S/C28H29ClO5/c1-2-32-23(30)25(15-17-29)13-11-20-8-4-6-10-22(20)28(25)27-21-9-5-3-7-19(21)12-14-26(27,16-18-33-27)24(31)34-28/h3-10H,2,11-18H2,1H3. The van der Waals surface area contributed by atoms with Crippen LogP contribution in [0.2, 0.25) is 0 Å². The Kier molecular flexibility index (Phi) is 4.92. The topological polar surface area (TPSA) is 61.8 Å². The second-order valence-electron chi connectivity index (χ2n) is 9.99. The second kappa shape index (κ2) is 7.56. The zero-order valence-electron chi connectivity index (χ0n) is 19.4. The van der Waals surface area contributed by atoms with Crippen molar-refractivity contribution in [1.29, 1.82) is 0 Å². The van der Waals surface area contributed by atoms with Crippen LogP contribution in [0.4, 0.5) is 0 Å². The predicted molar refractivity (Wildman–Crippen MR) is 126 cm³/mol. The minimum Gasteiger partial charge on any atom is -0.465 e. The summed E-state index contributed by atoms with van der Waals surface area (Å²) in [6.07, 6.45) is 3.47. The van der Waals surface area contributed by atoms with Crippen LogP contribution in [0.3, 0.4) is 0 Å². The highest BCUT2D eigenvalue weighted by molar-refractivity contribution is 6.18. The van der Waals surface area contributed by atoms with Crippen LogP contribution in [0.1, 0.15) is 54.9 Å². The van der Waals surface area contributed by atoms with Gasteiger partial charge in [-0.15, -0.1) is 11.6 Å². The fourth-order valence-electron chi connectivity index (χ4n) is 7.67. The van der Waals surface area contributed by atoms with E-state index in [0.717, 1.165) is 28.7 Å². The Morgan fingerprint density at radius 1 is 0.971 bits per heavy atom. The summed E-state index contributed by atoms with van der Waals surface area (Å²) < 4.78 is 19.3. The molecule has 4 aliphatic rings. The number of halogens is 1. The number of benzene rings is 2. The number of fused-ring (bicyclic) bond motifs is 3. The number of ether oxygens (including phenoxy) is 3. The van der Waals surface area contributed by atoms with Gasteiger partial charge in [-0.05, 0) is 62.1 Å². The molecular formula is C28H29ClO5. The summed E-state index contributed by atoms with van der Waals surface area (Å²) >= 11 is 6.42. The SMILES string of the molecule is CCOC(=O)C1(CCCl)CCc2ccccc2C12OC(=O)C13CCOC12c1ccccc1CC3. The zero-order chi connectivity index (χ0) is 23.6. The van der Waals surface area contributed by atoms with Gasteiger partial charge >= 0.3 is 11.9 Å². The molecule has 6 heteroatoms. The van der Waals surface area contributed by atoms with Crippen LogP contribution in [0.25, 0.3) is 0 Å². The third-order valence-corrected chi connectivity index (χ3v) is 9.14. The molecule has 0 amide bonds. The number of alkyl halides is 1. The lowest BCUT2D eigenvalue weighted by Crippen LogP contribution is -2.66. The zero-order valence-corrected chi connectivity index (χ0v) is 20.2. The Morgan fingerprint density at radius 3 is 2.29 bits per heavy atom. The van der Waals surface area contributed by atoms with Crippen LogP contribution < -0.4 is 0 Å². The number of hydrogen-bond acceptors (Lipinski definition) is 5. The van der Waals surface area contributed by atoms with Gasteiger partial charge in [0.15, 0.2) is 11.2 Å². The number of esters is 2. The van der Waals surface area contributed by atoms with E-state index in [1.807, 2.05) is 30.3 Å². The molecule has 2 fully saturated rings. The van der Waals surface area contributed by atoms with Crippen molar-refractivity contribution in [3.8, 4) is 0 Å². The molecule has 0 aromatic heterocycles. The summed E-state index contributed by atoms with van der Waals surface area (Å²) in [5.74, 6) is -0.383. The lowest BCUT2D eigenvalue weighted by Gasteiger charge is -2.58. The van der Waals surface area contributed by atoms with Crippen LogP contribution >= 0.6 is 11.6 Å². The number of hydrogen-bond donors (Lipinski definition) is 0. The maximum absolute atomic E-state index is 14.1. The van der Waals surface area contributed by atoms with Gasteiger partial charge in [-0.1, -0.05) is 48.5 Å². The van der Waals surface area contributed by atoms with Gasteiger partial charge in [0.1, 0.15) is 10.8 Å². The van der Waals surface area contributed by atoms with Crippen LogP contribution in [0, 0.1) is 10.8 Å². The molecular weight excluding hydrogens is 452 g/mol. The lowest BCUT2D eigenvalue weighted by molar-refractivity contribution is -0.240. The fraction of sp³-hybridized carbons (Fsp3) is 0.500. The number of carbonyl (C=O) groups is 2. The van der Waals surface area contributed by atoms with E-state index >= 15 is 0 Å². The average Bonchev–Trinajstić information content (AvgIpc) is 3.37. The number of rotatable bonds is 4. The maximum Gasteiger partial charge on any atom is 0.316 e. The average molecular weight is 481 g/mol. The van der Waals surface area contributed by atoms with Gasteiger partial charge < -0.3 is 14.2 Å². The molecule has 4 atom stereocenters. The minimum absolute atomic E-state index is 0.240. The molecule has 0 bridgehead atoms. The maximum atomic E-state index is 14.1. The molecule has 2 aliphatic heterocycles. The summed E-state index contributed by atoms with van der Waals surface area (Å²) in [6.45, 7) is 2.48. The Labute approximate surface area is 204 Å². The molecule has 0 radical (unpaired) electrons. The Hall–Kier alpha value is -2.37. The van der Waals surface area contributed by atoms with Gasteiger partial charge in [0.25, 0.3) is 0 Å². The van der Waals surface area contributed by atoms with Crippen molar-refractivity contribution >= 4 is 23.5 Å². The van der Waals surface area contributed by atoms with Gasteiger partial charge in [-0.2, -0.15) is 0 Å². The summed E-state index contributed by atoms with van der Waals surface area (Å²) in [7, 11) is 0. The molecule has 2 aromatic rings. The fourth-order valence-corrected chi connectivity index (χ4v) is 7.99. The normalized spacial score (nSPS) is 35.2. The first-order valence-electron chi connectivity index (χ1n) is 12.3. The summed E-state index contributed by atoms with van der Waals surface area (Å²) in [6, 6.07) is 16.2. The van der Waals surface area contributed by atoms with Crippen molar-refractivity contribution in [2.75, 3.05) is 19.1 Å². The molecule has 2 saturated heterocycles. The van der Waals surface area contributed by atoms with Crippen LogP contribution in [-0.4, -0.2) is 31.0 Å². The molecule has 4 unspecified atom stereocenters.